The topological polar surface area (TPSA) is 69.6 Å². The van der Waals surface area contributed by atoms with Crippen LogP contribution in [0.5, 0.6) is 0 Å². The third kappa shape index (κ3) is 3.96. The fourth-order valence-electron chi connectivity index (χ4n) is 3.96. The first-order valence-corrected chi connectivity index (χ1v) is 8.15. The fraction of sp³-hybridized carbons (Fsp3) is 0.875. The van der Waals surface area contributed by atoms with Crippen molar-refractivity contribution in [1.29, 1.82) is 0 Å². The average molecular weight is 296 g/mol. The van der Waals surface area contributed by atoms with E-state index in [0.29, 0.717) is 24.5 Å². The van der Waals surface area contributed by atoms with E-state index in [1.54, 1.807) is 0 Å². The SMILES string of the molecule is CC(C)CNC(=O)C(C)N1C2CCC1CC(CC(=O)O)C2. The predicted octanol–water partition coefficient (Wildman–Crippen LogP) is 1.86. The molecule has 0 aliphatic carbocycles. The first-order valence-electron chi connectivity index (χ1n) is 8.15. The van der Waals surface area contributed by atoms with Gasteiger partial charge in [0.05, 0.1) is 6.04 Å². The molecule has 0 radical (unpaired) electrons. The number of nitrogens with one attached hydrogen (secondary N) is 1. The molecule has 5 heteroatoms. The van der Waals surface area contributed by atoms with Crippen LogP contribution in [0.3, 0.4) is 0 Å². The maximum Gasteiger partial charge on any atom is 0.303 e. The van der Waals surface area contributed by atoms with Crippen molar-refractivity contribution in [2.24, 2.45) is 11.8 Å². The molecule has 3 atom stereocenters. The molecule has 0 spiro atoms. The van der Waals surface area contributed by atoms with Crippen molar-refractivity contribution in [3.63, 3.8) is 0 Å². The van der Waals surface area contributed by atoms with Crippen LogP contribution in [0.15, 0.2) is 0 Å². The zero-order valence-electron chi connectivity index (χ0n) is 13.3. The lowest BCUT2D eigenvalue weighted by molar-refractivity contribution is -0.139. The third-order valence-electron chi connectivity index (χ3n) is 4.86. The van der Waals surface area contributed by atoms with Gasteiger partial charge in [0.1, 0.15) is 0 Å². The van der Waals surface area contributed by atoms with Crippen LogP contribution in [-0.2, 0) is 9.59 Å². The second kappa shape index (κ2) is 6.77. The zero-order chi connectivity index (χ0) is 15.6. The number of carboxylic acid groups (broad SMARTS) is 1. The maximum absolute atomic E-state index is 12.3. The number of carbonyl (C=O) groups is 2. The quantitative estimate of drug-likeness (QED) is 0.785. The van der Waals surface area contributed by atoms with Gasteiger partial charge in [0.15, 0.2) is 0 Å². The first-order chi connectivity index (χ1) is 9.88. The summed E-state index contributed by atoms with van der Waals surface area (Å²) in [4.78, 5) is 25.5. The molecule has 0 aromatic rings. The monoisotopic (exact) mass is 296 g/mol. The summed E-state index contributed by atoms with van der Waals surface area (Å²) in [5.41, 5.74) is 0. The van der Waals surface area contributed by atoms with E-state index < -0.39 is 5.97 Å². The van der Waals surface area contributed by atoms with Crippen molar-refractivity contribution >= 4 is 11.9 Å². The van der Waals surface area contributed by atoms with Gasteiger partial charge in [-0.1, -0.05) is 13.8 Å². The van der Waals surface area contributed by atoms with Gasteiger partial charge in [-0.15, -0.1) is 0 Å². The Morgan fingerprint density at radius 2 is 1.76 bits per heavy atom. The van der Waals surface area contributed by atoms with E-state index in [0.717, 1.165) is 25.7 Å². The van der Waals surface area contributed by atoms with Crippen molar-refractivity contribution in [2.75, 3.05) is 6.54 Å². The van der Waals surface area contributed by atoms with Crippen LogP contribution in [0.25, 0.3) is 0 Å². The maximum atomic E-state index is 12.3. The van der Waals surface area contributed by atoms with Crippen LogP contribution < -0.4 is 5.32 Å². The number of fused-ring (bicyclic) bond motifs is 2. The number of rotatable bonds is 6. The first kappa shape index (κ1) is 16.3. The molecule has 0 saturated carbocycles. The molecule has 2 N–H and O–H groups in total. The smallest absolute Gasteiger partial charge is 0.303 e. The van der Waals surface area contributed by atoms with Gasteiger partial charge < -0.3 is 10.4 Å². The molecule has 2 rings (SSSR count). The summed E-state index contributed by atoms with van der Waals surface area (Å²) in [6.45, 7) is 6.88. The number of amides is 1. The molecule has 3 unspecified atom stereocenters. The fourth-order valence-corrected chi connectivity index (χ4v) is 3.96. The van der Waals surface area contributed by atoms with Crippen LogP contribution in [0.2, 0.25) is 0 Å². The molecule has 0 aromatic heterocycles. The molecule has 120 valence electrons. The van der Waals surface area contributed by atoms with E-state index in [4.69, 9.17) is 5.11 Å². The molecule has 21 heavy (non-hydrogen) atoms. The normalized spacial score (nSPS) is 30.4. The largest absolute Gasteiger partial charge is 0.481 e. The van der Waals surface area contributed by atoms with Gasteiger partial charge in [0.25, 0.3) is 0 Å². The van der Waals surface area contributed by atoms with E-state index in [1.807, 2.05) is 6.92 Å². The third-order valence-corrected chi connectivity index (χ3v) is 4.86. The van der Waals surface area contributed by atoms with Gasteiger partial charge in [-0.2, -0.15) is 0 Å². The molecule has 2 aliphatic heterocycles. The Morgan fingerprint density at radius 3 is 2.24 bits per heavy atom. The van der Waals surface area contributed by atoms with Crippen LogP contribution in [0.1, 0.15) is 52.9 Å². The summed E-state index contributed by atoms with van der Waals surface area (Å²) in [5, 5.41) is 12.0. The molecule has 1 amide bonds. The van der Waals surface area contributed by atoms with E-state index in [2.05, 4.69) is 24.1 Å². The lowest BCUT2D eigenvalue weighted by atomic mass is 9.87. The molecular weight excluding hydrogens is 268 g/mol. The predicted molar refractivity (Wildman–Crippen MR) is 80.9 cm³/mol. The summed E-state index contributed by atoms with van der Waals surface area (Å²) in [6.07, 6.45) is 4.31. The van der Waals surface area contributed by atoms with Crippen molar-refractivity contribution in [2.45, 2.75) is 71.0 Å². The minimum Gasteiger partial charge on any atom is -0.481 e. The number of aliphatic carboxylic acids is 1. The Kier molecular flexibility index (Phi) is 5.25. The summed E-state index contributed by atoms with van der Waals surface area (Å²) >= 11 is 0. The van der Waals surface area contributed by atoms with Crippen LogP contribution in [0, 0.1) is 11.8 Å². The van der Waals surface area contributed by atoms with Crippen LogP contribution in [0.4, 0.5) is 0 Å². The molecule has 2 heterocycles. The van der Waals surface area contributed by atoms with Crippen LogP contribution >= 0.6 is 0 Å². The molecule has 2 bridgehead atoms. The lowest BCUT2D eigenvalue weighted by Gasteiger charge is -2.41. The van der Waals surface area contributed by atoms with Crippen molar-refractivity contribution < 1.29 is 14.7 Å². The Balaban J connectivity index is 1.93. The van der Waals surface area contributed by atoms with Gasteiger partial charge in [0.2, 0.25) is 5.91 Å². The van der Waals surface area contributed by atoms with Gasteiger partial charge in [0, 0.05) is 25.0 Å². The highest BCUT2D eigenvalue weighted by atomic mass is 16.4. The summed E-state index contributed by atoms with van der Waals surface area (Å²) < 4.78 is 0. The summed E-state index contributed by atoms with van der Waals surface area (Å²) in [6, 6.07) is 0.660. The minimum absolute atomic E-state index is 0.105. The molecule has 2 aliphatic rings. The number of hydrogen-bond acceptors (Lipinski definition) is 3. The molecule has 2 fully saturated rings. The number of piperidine rings is 1. The van der Waals surface area contributed by atoms with Crippen molar-refractivity contribution in [3.8, 4) is 0 Å². The van der Waals surface area contributed by atoms with E-state index in [-0.39, 0.29) is 24.3 Å². The van der Waals surface area contributed by atoms with Crippen LogP contribution in [-0.4, -0.2) is 46.6 Å². The summed E-state index contributed by atoms with van der Waals surface area (Å²) in [5.74, 6) is 0.147. The van der Waals surface area contributed by atoms with Crippen molar-refractivity contribution in [1.82, 2.24) is 10.2 Å². The van der Waals surface area contributed by atoms with Crippen molar-refractivity contribution in [3.05, 3.63) is 0 Å². The molecule has 2 saturated heterocycles. The molecule has 0 aromatic carbocycles. The zero-order valence-corrected chi connectivity index (χ0v) is 13.3. The average Bonchev–Trinajstić information content (AvgIpc) is 2.66. The second-order valence-electron chi connectivity index (χ2n) is 7.08. The number of carboxylic acids is 1. The Hall–Kier alpha value is -1.10. The van der Waals surface area contributed by atoms with Gasteiger partial charge in [-0.05, 0) is 44.4 Å². The highest BCUT2D eigenvalue weighted by Crippen LogP contribution is 2.41. The standard InChI is InChI=1S/C16H28N2O3/c1-10(2)9-17-16(21)11(3)18-13-4-5-14(18)7-12(6-13)8-15(19)20/h10-14H,4-9H2,1-3H3,(H,17,21)(H,19,20). The Bertz CT molecular complexity index is 383. The van der Waals surface area contributed by atoms with E-state index in [9.17, 15) is 9.59 Å². The van der Waals surface area contributed by atoms with E-state index in [1.165, 1.54) is 0 Å². The second-order valence-corrected chi connectivity index (χ2v) is 7.08. The van der Waals surface area contributed by atoms with Gasteiger partial charge in [-0.25, -0.2) is 0 Å². The Morgan fingerprint density at radius 1 is 1.19 bits per heavy atom. The highest BCUT2D eigenvalue weighted by molar-refractivity contribution is 5.81. The Labute approximate surface area is 127 Å². The highest BCUT2D eigenvalue weighted by Gasteiger charge is 2.44. The lowest BCUT2D eigenvalue weighted by Crippen LogP contribution is -2.54. The molecule has 5 nitrogen and oxygen atoms in total. The molecular formula is C16H28N2O3. The number of nitrogens with zero attached hydrogens (tertiary/aromatic N) is 1. The number of carbonyl (C=O) groups excluding carboxylic acids is 1. The van der Waals surface area contributed by atoms with Gasteiger partial charge >= 0.3 is 5.97 Å². The summed E-state index contributed by atoms with van der Waals surface area (Å²) in [7, 11) is 0. The van der Waals surface area contributed by atoms with Gasteiger partial charge in [-0.3, -0.25) is 14.5 Å². The van der Waals surface area contributed by atoms with E-state index >= 15 is 0 Å². The number of hydrogen-bond donors (Lipinski definition) is 2. The minimum atomic E-state index is -0.699.